The van der Waals surface area contributed by atoms with E-state index in [2.05, 4.69) is 28.9 Å². The Balaban J connectivity index is 1.97. The van der Waals surface area contributed by atoms with E-state index in [1.54, 1.807) is 0 Å². The summed E-state index contributed by atoms with van der Waals surface area (Å²) in [5.74, 6) is 0. The fourth-order valence-electron chi connectivity index (χ4n) is 2.90. The number of aromatic nitrogens is 1. The van der Waals surface area contributed by atoms with Crippen LogP contribution in [0.5, 0.6) is 0 Å². The Morgan fingerprint density at radius 2 is 1.73 bits per heavy atom. The summed E-state index contributed by atoms with van der Waals surface area (Å²) in [6, 6.07) is 14.0. The summed E-state index contributed by atoms with van der Waals surface area (Å²) in [5.41, 5.74) is 3.12. The second-order valence-electron chi connectivity index (χ2n) is 5.33. The van der Waals surface area contributed by atoms with E-state index in [1.165, 1.54) is 0 Å². The van der Waals surface area contributed by atoms with Crippen LogP contribution >= 0.6 is 0 Å². The molecule has 1 aromatic heterocycles. The van der Waals surface area contributed by atoms with Crippen LogP contribution in [0, 0.1) is 0 Å². The van der Waals surface area contributed by atoms with Crippen molar-refractivity contribution >= 4 is 21.8 Å². The Hall–Kier alpha value is -2.01. The fourth-order valence-corrected chi connectivity index (χ4v) is 2.90. The minimum atomic E-state index is -4.18. The van der Waals surface area contributed by atoms with Gasteiger partial charge >= 0.3 is 6.18 Å². The first kappa shape index (κ1) is 14.9. The predicted octanol–water partition coefficient (Wildman–Crippen LogP) is 4.47. The minimum absolute atomic E-state index is 0.209. The lowest BCUT2D eigenvalue weighted by Gasteiger charge is -2.08. The molecule has 3 rings (SSSR count). The third kappa shape index (κ3) is 2.81. The molecule has 0 saturated heterocycles. The largest absolute Gasteiger partial charge is 0.401 e. The molecule has 0 unspecified atom stereocenters. The lowest BCUT2D eigenvalue weighted by atomic mass is 10.1. The number of benzene rings is 2. The molecule has 0 radical (unpaired) electrons. The average molecular weight is 306 g/mol. The van der Waals surface area contributed by atoms with Crippen molar-refractivity contribution < 1.29 is 13.2 Å². The van der Waals surface area contributed by atoms with E-state index >= 15 is 0 Å². The third-order valence-electron chi connectivity index (χ3n) is 3.81. The molecule has 1 heterocycles. The number of aryl methyl sites for hydroxylation is 1. The van der Waals surface area contributed by atoms with Crippen LogP contribution in [0.25, 0.3) is 21.8 Å². The Bertz CT molecular complexity index is 803. The maximum atomic E-state index is 12.2. The van der Waals surface area contributed by atoms with E-state index in [0.717, 1.165) is 33.9 Å². The van der Waals surface area contributed by atoms with Gasteiger partial charge in [0.25, 0.3) is 0 Å². The second-order valence-corrected chi connectivity index (χ2v) is 5.33. The Morgan fingerprint density at radius 3 is 2.45 bits per heavy atom. The van der Waals surface area contributed by atoms with Crippen molar-refractivity contribution in [2.45, 2.75) is 26.2 Å². The van der Waals surface area contributed by atoms with Crippen LogP contribution in [0.1, 0.15) is 12.5 Å². The SMILES string of the molecule is CCn1c2ccccc2c2cc(CNCC(F)(F)F)ccc21. The monoisotopic (exact) mass is 306 g/mol. The molecule has 5 heteroatoms. The van der Waals surface area contributed by atoms with Gasteiger partial charge in [0.15, 0.2) is 0 Å². The molecule has 0 fully saturated rings. The number of fused-ring (bicyclic) bond motifs is 3. The fraction of sp³-hybridized carbons (Fsp3) is 0.294. The highest BCUT2D eigenvalue weighted by Gasteiger charge is 2.26. The van der Waals surface area contributed by atoms with Gasteiger partial charge in [-0.25, -0.2) is 0 Å². The molecule has 22 heavy (non-hydrogen) atoms. The molecule has 1 N–H and O–H groups in total. The first-order valence-electron chi connectivity index (χ1n) is 7.27. The number of halogens is 3. The van der Waals surface area contributed by atoms with Crippen LogP contribution in [0.2, 0.25) is 0 Å². The second kappa shape index (κ2) is 5.65. The van der Waals surface area contributed by atoms with Gasteiger partial charge in [0.05, 0.1) is 6.54 Å². The lowest BCUT2D eigenvalue weighted by molar-refractivity contribution is -0.125. The zero-order valence-corrected chi connectivity index (χ0v) is 12.2. The number of hydrogen-bond donors (Lipinski definition) is 1. The summed E-state index contributed by atoms with van der Waals surface area (Å²) in [7, 11) is 0. The number of hydrogen-bond acceptors (Lipinski definition) is 1. The molecular formula is C17H17F3N2. The summed E-state index contributed by atoms with van der Waals surface area (Å²) in [6.07, 6.45) is -4.18. The number of nitrogens with zero attached hydrogens (tertiary/aromatic N) is 1. The lowest BCUT2D eigenvalue weighted by Crippen LogP contribution is -2.28. The van der Waals surface area contributed by atoms with E-state index in [4.69, 9.17) is 0 Å². The molecule has 2 aromatic carbocycles. The van der Waals surface area contributed by atoms with E-state index in [0.29, 0.717) is 0 Å². The van der Waals surface area contributed by atoms with E-state index in [-0.39, 0.29) is 6.54 Å². The Morgan fingerprint density at radius 1 is 1.00 bits per heavy atom. The van der Waals surface area contributed by atoms with Crippen LogP contribution in [0.4, 0.5) is 13.2 Å². The van der Waals surface area contributed by atoms with Crippen molar-refractivity contribution in [2.24, 2.45) is 0 Å². The zero-order valence-electron chi connectivity index (χ0n) is 12.2. The van der Waals surface area contributed by atoms with Crippen LogP contribution < -0.4 is 5.32 Å². The Kier molecular flexibility index (Phi) is 3.83. The van der Waals surface area contributed by atoms with Crippen LogP contribution in [0.15, 0.2) is 42.5 Å². The van der Waals surface area contributed by atoms with Crippen molar-refractivity contribution in [3.63, 3.8) is 0 Å². The molecule has 2 nitrogen and oxygen atoms in total. The molecule has 116 valence electrons. The quantitative estimate of drug-likeness (QED) is 0.752. The maximum Gasteiger partial charge on any atom is 0.401 e. The van der Waals surface area contributed by atoms with Crippen molar-refractivity contribution in [3.05, 3.63) is 48.0 Å². The smallest absolute Gasteiger partial charge is 0.341 e. The summed E-state index contributed by atoms with van der Waals surface area (Å²) in [6.45, 7) is 2.18. The molecule has 0 saturated carbocycles. The van der Waals surface area contributed by atoms with Gasteiger partial charge in [-0.3, -0.25) is 0 Å². The summed E-state index contributed by atoms with van der Waals surface area (Å²) < 4.78 is 38.8. The average Bonchev–Trinajstić information content (AvgIpc) is 2.79. The molecule has 0 bridgehead atoms. The minimum Gasteiger partial charge on any atom is -0.341 e. The topological polar surface area (TPSA) is 17.0 Å². The molecular weight excluding hydrogens is 289 g/mol. The van der Waals surface area contributed by atoms with E-state index in [1.807, 2.05) is 30.3 Å². The van der Waals surface area contributed by atoms with Gasteiger partial charge in [0, 0.05) is 34.9 Å². The molecule has 0 aliphatic rings. The standard InChI is InChI=1S/C17H17F3N2/c1-2-22-15-6-4-3-5-13(15)14-9-12(7-8-16(14)22)10-21-11-17(18,19)20/h3-9,21H,2,10-11H2,1H3. The normalized spacial score (nSPS) is 12.4. The van der Waals surface area contributed by atoms with Crippen LogP contribution in [0.3, 0.4) is 0 Å². The highest BCUT2D eigenvalue weighted by Crippen LogP contribution is 2.29. The molecule has 3 aromatic rings. The van der Waals surface area contributed by atoms with Gasteiger partial charge in [-0.2, -0.15) is 13.2 Å². The van der Waals surface area contributed by atoms with Gasteiger partial charge in [-0.05, 0) is 30.7 Å². The van der Waals surface area contributed by atoms with Crippen LogP contribution in [-0.4, -0.2) is 17.3 Å². The molecule has 0 aliphatic heterocycles. The van der Waals surface area contributed by atoms with E-state index < -0.39 is 12.7 Å². The predicted molar refractivity (Wildman–Crippen MR) is 82.9 cm³/mol. The van der Waals surface area contributed by atoms with Gasteiger partial charge < -0.3 is 9.88 Å². The molecule has 0 spiro atoms. The molecule has 0 amide bonds. The van der Waals surface area contributed by atoms with Crippen molar-refractivity contribution in [1.29, 1.82) is 0 Å². The number of rotatable bonds is 4. The number of alkyl halides is 3. The molecule has 0 atom stereocenters. The first-order chi connectivity index (χ1) is 10.5. The Labute approximate surface area is 126 Å². The molecule has 0 aliphatic carbocycles. The van der Waals surface area contributed by atoms with Gasteiger partial charge in [-0.1, -0.05) is 24.3 Å². The summed E-state index contributed by atoms with van der Waals surface area (Å²) >= 11 is 0. The number of para-hydroxylation sites is 1. The van der Waals surface area contributed by atoms with Gasteiger partial charge in [0.1, 0.15) is 0 Å². The van der Waals surface area contributed by atoms with Gasteiger partial charge in [0.2, 0.25) is 0 Å². The third-order valence-corrected chi connectivity index (χ3v) is 3.81. The highest BCUT2D eigenvalue weighted by molar-refractivity contribution is 6.08. The zero-order chi connectivity index (χ0) is 15.7. The van der Waals surface area contributed by atoms with Crippen molar-refractivity contribution in [2.75, 3.05) is 6.54 Å². The van der Waals surface area contributed by atoms with Crippen molar-refractivity contribution in [1.82, 2.24) is 9.88 Å². The summed E-state index contributed by atoms with van der Waals surface area (Å²) in [4.78, 5) is 0. The maximum absolute atomic E-state index is 12.2. The first-order valence-corrected chi connectivity index (χ1v) is 7.27. The number of nitrogens with one attached hydrogen (secondary N) is 1. The van der Waals surface area contributed by atoms with E-state index in [9.17, 15) is 13.2 Å². The van der Waals surface area contributed by atoms with Crippen molar-refractivity contribution in [3.8, 4) is 0 Å². The summed E-state index contributed by atoms with van der Waals surface area (Å²) in [5, 5.41) is 4.67. The van der Waals surface area contributed by atoms with Gasteiger partial charge in [-0.15, -0.1) is 0 Å². The highest BCUT2D eigenvalue weighted by atomic mass is 19.4. The van der Waals surface area contributed by atoms with Crippen LogP contribution in [-0.2, 0) is 13.1 Å².